The Hall–Kier alpha value is -2.51. The van der Waals surface area contributed by atoms with Crippen LogP contribution in [0, 0.1) is 0 Å². The number of hydrogen-bond acceptors (Lipinski definition) is 5. The topological polar surface area (TPSA) is 61.6 Å². The largest absolute Gasteiger partial charge is 0.573 e. The van der Waals surface area contributed by atoms with Crippen molar-refractivity contribution in [3.05, 3.63) is 35.6 Å². The molecule has 8 heteroatoms. The fourth-order valence-electron chi connectivity index (χ4n) is 2.09. The maximum Gasteiger partial charge on any atom is 0.573 e. The molecule has 0 radical (unpaired) electrons. The van der Waals surface area contributed by atoms with E-state index in [0.717, 1.165) is 6.07 Å². The van der Waals surface area contributed by atoms with E-state index in [1.165, 1.54) is 25.3 Å². The quantitative estimate of drug-likeness (QED) is 0.777. The highest BCUT2D eigenvalue weighted by Gasteiger charge is 2.34. The minimum absolute atomic E-state index is 0.00340. The third-order valence-corrected chi connectivity index (χ3v) is 3.00. The van der Waals surface area contributed by atoms with Gasteiger partial charge in [0.2, 0.25) is 0 Å². The van der Waals surface area contributed by atoms with Gasteiger partial charge in [-0.05, 0) is 18.6 Å². The molecule has 0 unspecified atom stereocenters. The normalized spacial score (nSPS) is 11.3. The Labute approximate surface area is 130 Å². The third kappa shape index (κ3) is 3.82. The lowest BCUT2D eigenvalue weighted by Gasteiger charge is -2.12. The molecule has 0 aliphatic heterocycles. The summed E-state index contributed by atoms with van der Waals surface area (Å²) in [5.74, 6) is -0.941. The van der Waals surface area contributed by atoms with Crippen LogP contribution in [0.4, 0.5) is 13.2 Å². The summed E-state index contributed by atoms with van der Waals surface area (Å²) >= 11 is 0. The van der Waals surface area contributed by atoms with Crippen molar-refractivity contribution in [3.63, 3.8) is 0 Å². The minimum Gasteiger partial charge on any atom is -0.465 e. The number of carbonyl (C=O) groups excluding carboxylic acids is 1. The van der Waals surface area contributed by atoms with Crippen molar-refractivity contribution < 1.29 is 32.0 Å². The van der Waals surface area contributed by atoms with Crippen LogP contribution in [0.2, 0.25) is 0 Å². The van der Waals surface area contributed by atoms with Crippen LogP contribution in [-0.4, -0.2) is 24.6 Å². The molecule has 0 atom stereocenters. The van der Waals surface area contributed by atoms with Crippen LogP contribution in [0.25, 0.3) is 11.3 Å². The number of benzene rings is 1. The summed E-state index contributed by atoms with van der Waals surface area (Å²) in [6.45, 7) is 1.87. The van der Waals surface area contributed by atoms with Crippen molar-refractivity contribution >= 4 is 5.97 Å². The number of rotatable bonds is 5. The molecule has 124 valence electrons. The fraction of sp³-hybridized carbons (Fsp3) is 0.333. The Kier molecular flexibility index (Phi) is 4.92. The molecule has 5 nitrogen and oxygen atoms in total. The van der Waals surface area contributed by atoms with Crippen LogP contribution in [0.1, 0.15) is 29.5 Å². The predicted octanol–water partition coefficient (Wildman–Crippen LogP) is 3.98. The van der Waals surface area contributed by atoms with Crippen molar-refractivity contribution in [3.8, 4) is 17.0 Å². The molecule has 0 fully saturated rings. The number of hydrogen-bond donors (Lipinski definition) is 0. The van der Waals surface area contributed by atoms with Gasteiger partial charge in [-0.3, -0.25) is 0 Å². The van der Waals surface area contributed by atoms with Gasteiger partial charge in [0.05, 0.1) is 7.11 Å². The first-order valence-corrected chi connectivity index (χ1v) is 6.79. The van der Waals surface area contributed by atoms with Crippen molar-refractivity contribution in [2.24, 2.45) is 0 Å². The molecule has 1 aromatic heterocycles. The summed E-state index contributed by atoms with van der Waals surface area (Å²) in [5, 5.41) is 3.74. The highest BCUT2D eigenvalue weighted by atomic mass is 19.4. The Morgan fingerprint density at radius 2 is 2.00 bits per heavy atom. The molecular weight excluding hydrogens is 315 g/mol. The zero-order valence-corrected chi connectivity index (χ0v) is 12.4. The minimum atomic E-state index is -4.86. The summed E-state index contributed by atoms with van der Waals surface area (Å²) < 4.78 is 51.4. The maximum atomic E-state index is 12.5. The Morgan fingerprint density at radius 3 is 2.61 bits per heavy atom. The molecule has 0 aliphatic rings. The predicted molar refractivity (Wildman–Crippen MR) is 74.0 cm³/mol. The monoisotopic (exact) mass is 329 g/mol. The molecule has 23 heavy (non-hydrogen) atoms. The highest BCUT2D eigenvalue weighted by Crippen LogP contribution is 2.36. The van der Waals surface area contributed by atoms with Gasteiger partial charge in [0.25, 0.3) is 0 Å². The Morgan fingerprint density at radius 1 is 1.30 bits per heavy atom. The van der Waals surface area contributed by atoms with E-state index in [1.807, 2.05) is 6.92 Å². The average molecular weight is 329 g/mol. The first-order valence-electron chi connectivity index (χ1n) is 6.79. The van der Waals surface area contributed by atoms with Crippen LogP contribution in [0.15, 0.2) is 28.8 Å². The van der Waals surface area contributed by atoms with Gasteiger partial charge in [-0.1, -0.05) is 24.2 Å². The summed E-state index contributed by atoms with van der Waals surface area (Å²) in [5.41, 5.74) is -0.0379. The number of para-hydroxylation sites is 1. The first kappa shape index (κ1) is 16.9. The van der Waals surface area contributed by atoms with E-state index in [-0.39, 0.29) is 22.6 Å². The van der Waals surface area contributed by atoms with E-state index < -0.39 is 18.1 Å². The first-order chi connectivity index (χ1) is 10.9. The van der Waals surface area contributed by atoms with E-state index in [1.54, 1.807) is 0 Å². The second-order valence-corrected chi connectivity index (χ2v) is 4.61. The molecule has 0 N–H and O–H groups in total. The number of esters is 1. The van der Waals surface area contributed by atoms with Crippen molar-refractivity contribution in [1.82, 2.24) is 5.16 Å². The SMILES string of the molecule is CCCc1onc(-c2ccccc2OC(F)(F)F)c1C(=O)OC. The fourth-order valence-corrected chi connectivity index (χ4v) is 2.09. The second-order valence-electron chi connectivity index (χ2n) is 4.61. The lowest BCUT2D eigenvalue weighted by Crippen LogP contribution is -2.17. The van der Waals surface area contributed by atoms with Crippen LogP contribution in [0.5, 0.6) is 5.75 Å². The molecule has 0 amide bonds. The van der Waals surface area contributed by atoms with Crippen LogP contribution in [0.3, 0.4) is 0 Å². The number of aryl methyl sites for hydroxylation is 1. The van der Waals surface area contributed by atoms with Gasteiger partial charge < -0.3 is 14.0 Å². The zero-order chi connectivity index (χ0) is 17.0. The molecule has 0 saturated carbocycles. The molecule has 0 aliphatic carbocycles. The van der Waals surface area contributed by atoms with Crippen molar-refractivity contribution in [1.29, 1.82) is 0 Å². The lowest BCUT2D eigenvalue weighted by molar-refractivity contribution is -0.274. The lowest BCUT2D eigenvalue weighted by atomic mass is 10.0. The van der Waals surface area contributed by atoms with E-state index in [0.29, 0.717) is 12.8 Å². The smallest absolute Gasteiger partial charge is 0.465 e. The van der Waals surface area contributed by atoms with Gasteiger partial charge in [0.15, 0.2) is 5.76 Å². The van der Waals surface area contributed by atoms with Crippen molar-refractivity contribution in [2.45, 2.75) is 26.1 Å². The number of aromatic nitrogens is 1. The van der Waals surface area contributed by atoms with E-state index in [9.17, 15) is 18.0 Å². The number of halogens is 3. The summed E-state index contributed by atoms with van der Waals surface area (Å²) in [4.78, 5) is 12.0. The molecule has 2 rings (SSSR count). The van der Waals surface area contributed by atoms with Crippen LogP contribution < -0.4 is 4.74 Å². The van der Waals surface area contributed by atoms with Gasteiger partial charge in [-0.15, -0.1) is 13.2 Å². The van der Waals surface area contributed by atoms with Gasteiger partial charge in [0, 0.05) is 12.0 Å². The van der Waals surface area contributed by atoms with Gasteiger partial charge >= 0.3 is 12.3 Å². The van der Waals surface area contributed by atoms with E-state index >= 15 is 0 Å². The number of alkyl halides is 3. The van der Waals surface area contributed by atoms with Crippen LogP contribution in [-0.2, 0) is 11.2 Å². The molecule has 0 saturated heterocycles. The summed E-state index contributed by atoms with van der Waals surface area (Å²) in [6.07, 6.45) is -3.80. The number of nitrogens with zero attached hydrogens (tertiary/aromatic N) is 1. The standard InChI is InChI=1S/C15H14F3NO4/c1-3-6-11-12(14(20)21-2)13(19-23-11)9-7-4-5-8-10(9)22-15(16,17)18/h4-5,7-8H,3,6H2,1-2H3. The van der Waals surface area contributed by atoms with Crippen molar-refractivity contribution in [2.75, 3.05) is 7.11 Å². The van der Waals surface area contributed by atoms with Gasteiger partial charge in [-0.25, -0.2) is 4.79 Å². The van der Waals surface area contributed by atoms with Crippen LogP contribution >= 0.6 is 0 Å². The average Bonchev–Trinajstić information content (AvgIpc) is 2.89. The molecule has 0 spiro atoms. The third-order valence-electron chi connectivity index (χ3n) is 3.00. The number of methoxy groups -OCH3 is 1. The molecule has 0 bridgehead atoms. The Bertz CT molecular complexity index is 694. The Balaban J connectivity index is 2.56. The van der Waals surface area contributed by atoms with Gasteiger partial charge in [0.1, 0.15) is 17.0 Å². The summed E-state index contributed by atoms with van der Waals surface area (Å²) in [6, 6.07) is 5.39. The maximum absolute atomic E-state index is 12.5. The summed E-state index contributed by atoms with van der Waals surface area (Å²) in [7, 11) is 1.17. The molecular formula is C15H14F3NO4. The molecule has 1 aromatic carbocycles. The van der Waals surface area contributed by atoms with E-state index in [4.69, 9.17) is 4.52 Å². The molecule has 2 aromatic rings. The number of carbonyl (C=O) groups is 1. The molecule has 1 heterocycles. The second kappa shape index (κ2) is 6.72. The van der Waals surface area contributed by atoms with Gasteiger partial charge in [-0.2, -0.15) is 0 Å². The highest BCUT2D eigenvalue weighted by molar-refractivity contribution is 5.97. The van der Waals surface area contributed by atoms with E-state index in [2.05, 4.69) is 14.6 Å². The zero-order valence-electron chi connectivity index (χ0n) is 12.4. The number of ether oxygens (including phenoxy) is 2.